The monoisotopic (exact) mass is 347 g/mol. The normalized spacial score (nSPS) is 18.6. The van der Waals surface area contributed by atoms with Crippen molar-refractivity contribution in [1.29, 1.82) is 0 Å². The summed E-state index contributed by atoms with van der Waals surface area (Å²) in [5, 5.41) is 3.12. The van der Waals surface area contributed by atoms with Crippen molar-refractivity contribution in [3.8, 4) is 0 Å². The van der Waals surface area contributed by atoms with Crippen molar-refractivity contribution in [3.63, 3.8) is 0 Å². The fourth-order valence-electron chi connectivity index (χ4n) is 3.70. The first-order valence-corrected chi connectivity index (χ1v) is 9.50. The van der Waals surface area contributed by atoms with E-state index in [1.165, 1.54) is 0 Å². The largest absolute Gasteiger partial charge is 0.353 e. The lowest BCUT2D eigenvalue weighted by atomic mass is 10.1. The zero-order valence-electron chi connectivity index (χ0n) is 15.1. The molecule has 1 aromatic rings. The maximum Gasteiger partial charge on any atom is 0.319 e. The molecule has 0 aromatic carbocycles. The third kappa shape index (κ3) is 4.52. The van der Waals surface area contributed by atoms with Crippen molar-refractivity contribution in [2.75, 3.05) is 26.2 Å². The molecule has 25 heavy (non-hydrogen) atoms. The molecule has 0 spiro atoms. The number of rotatable bonds is 5. The molecule has 0 aliphatic carbocycles. The Kier molecular flexibility index (Phi) is 5.94. The number of imidazole rings is 1. The number of amides is 3. The highest BCUT2D eigenvalue weighted by atomic mass is 16.2. The fraction of sp³-hybridized carbons (Fsp3) is 0.722. The van der Waals surface area contributed by atoms with Gasteiger partial charge in [0.15, 0.2) is 0 Å². The van der Waals surface area contributed by atoms with Crippen LogP contribution in [0.2, 0.25) is 0 Å². The number of piperidine rings is 1. The van der Waals surface area contributed by atoms with Gasteiger partial charge in [-0.3, -0.25) is 4.79 Å². The van der Waals surface area contributed by atoms with Crippen molar-refractivity contribution in [3.05, 3.63) is 18.2 Å². The minimum atomic E-state index is 0.0834. The summed E-state index contributed by atoms with van der Waals surface area (Å²) < 4.78 is 2.04. The number of carbonyl (C=O) groups is 2. The first-order chi connectivity index (χ1) is 12.2. The van der Waals surface area contributed by atoms with Gasteiger partial charge in [-0.1, -0.05) is 6.92 Å². The Balaban J connectivity index is 1.38. The van der Waals surface area contributed by atoms with Crippen LogP contribution in [0.5, 0.6) is 0 Å². The Morgan fingerprint density at radius 3 is 2.52 bits per heavy atom. The molecule has 1 aromatic heterocycles. The molecule has 0 atom stereocenters. The summed E-state index contributed by atoms with van der Waals surface area (Å²) in [5.41, 5.74) is 0. The van der Waals surface area contributed by atoms with E-state index in [0.29, 0.717) is 13.0 Å². The van der Waals surface area contributed by atoms with Crippen LogP contribution >= 0.6 is 0 Å². The van der Waals surface area contributed by atoms with E-state index in [9.17, 15) is 9.59 Å². The van der Waals surface area contributed by atoms with Gasteiger partial charge in [-0.05, 0) is 25.7 Å². The van der Waals surface area contributed by atoms with Crippen LogP contribution in [0.4, 0.5) is 4.79 Å². The van der Waals surface area contributed by atoms with E-state index in [0.717, 1.165) is 64.1 Å². The average molecular weight is 347 g/mol. The lowest BCUT2D eigenvalue weighted by Crippen LogP contribution is -2.50. The van der Waals surface area contributed by atoms with Crippen molar-refractivity contribution in [2.45, 2.75) is 58.0 Å². The van der Waals surface area contributed by atoms with Gasteiger partial charge >= 0.3 is 6.03 Å². The minimum absolute atomic E-state index is 0.0834. The zero-order chi connectivity index (χ0) is 17.6. The van der Waals surface area contributed by atoms with Gasteiger partial charge in [0.1, 0.15) is 5.82 Å². The summed E-state index contributed by atoms with van der Waals surface area (Å²) >= 11 is 0. The van der Waals surface area contributed by atoms with Crippen LogP contribution in [0, 0.1) is 0 Å². The van der Waals surface area contributed by atoms with E-state index in [1.54, 1.807) is 6.20 Å². The lowest BCUT2D eigenvalue weighted by Gasteiger charge is -2.34. The molecule has 2 aliphatic heterocycles. The molecule has 138 valence electrons. The second kappa shape index (κ2) is 8.36. The molecule has 0 radical (unpaired) electrons. The van der Waals surface area contributed by atoms with E-state index >= 15 is 0 Å². The molecule has 7 nitrogen and oxygen atoms in total. The van der Waals surface area contributed by atoms with Crippen LogP contribution in [0.25, 0.3) is 0 Å². The number of urea groups is 1. The van der Waals surface area contributed by atoms with Crippen molar-refractivity contribution in [1.82, 2.24) is 24.7 Å². The van der Waals surface area contributed by atoms with Gasteiger partial charge in [0.05, 0.1) is 0 Å². The van der Waals surface area contributed by atoms with Gasteiger partial charge in [-0.2, -0.15) is 0 Å². The Labute approximate surface area is 149 Å². The predicted octanol–water partition coefficient (Wildman–Crippen LogP) is 1.63. The highest BCUT2D eigenvalue weighted by Crippen LogP contribution is 2.16. The average Bonchev–Trinajstić information content (AvgIpc) is 3.31. The summed E-state index contributed by atoms with van der Waals surface area (Å²) in [6, 6.07) is 0.359. The second-order valence-electron chi connectivity index (χ2n) is 6.95. The van der Waals surface area contributed by atoms with E-state index in [4.69, 9.17) is 0 Å². The van der Waals surface area contributed by atoms with E-state index in [-0.39, 0.29) is 18.0 Å². The molecule has 0 bridgehead atoms. The minimum Gasteiger partial charge on any atom is -0.353 e. The number of aryl methyl sites for hydroxylation is 2. The van der Waals surface area contributed by atoms with Crippen LogP contribution in [-0.2, 0) is 17.8 Å². The third-order valence-electron chi connectivity index (χ3n) is 5.20. The SMILES string of the molecule is CCc1nccn1CCC(=O)NC1CCN(C(=O)N2CCCC2)CC1. The molecule has 3 heterocycles. The number of hydrogen-bond donors (Lipinski definition) is 1. The lowest BCUT2D eigenvalue weighted by molar-refractivity contribution is -0.122. The molecule has 0 unspecified atom stereocenters. The van der Waals surface area contributed by atoms with Crippen LogP contribution in [0.3, 0.4) is 0 Å². The van der Waals surface area contributed by atoms with E-state index in [1.807, 2.05) is 20.6 Å². The van der Waals surface area contributed by atoms with Gasteiger partial charge < -0.3 is 19.7 Å². The van der Waals surface area contributed by atoms with E-state index in [2.05, 4.69) is 17.2 Å². The summed E-state index contributed by atoms with van der Waals surface area (Å²) in [6.45, 7) is 5.99. The predicted molar refractivity (Wildman–Crippen MR) is 95.2 cm³/mol. The quantitative estimate of drug-likeness (QED) is 0.880. The van der Waals surface area contributed by atoms with Gasteiger partial charge in [0, 0.05) is 64.0 Å². The highest BCUT2D eigenvalue weighted by Gasteiger charge is 2.28. The molecule has 2 aliphatic rings. The van der Waals surface area contributed by atoms with Gasteiger partial charge in [-0.25, -0.2) is 9.78 Å². The van der Waals surface area contributed by atoms with Gasteiger partial charge in [0.25, 0.3) is 0 Å². The topological polar surface area (TPSA) is 70.5 Å². The number of nitrogens with zero attached hydrogens (tertiary/aromatic N) is 4. The van der Waals surface area contributed by atoms with Crippen LogP contribution in [-0.4, -0.2) is 63.5 Å². The molecule has 3 amide bonds. The maximum atomic E-state index is 12.4. The molecule has 2 saturated heterocycles. The maximum absolute atomic E-state index is 12.4. The number of carbonyl (C=O) groups excluding carboxylic acids is 2. The first kappa shape index (κ1) is 17.8. The number of aromatic nitrogens is 2. The van der Waals surface area contributed by atoms with Crippen molar-refractivity contribution in [2.24, 2.45) is 0 Å². The van der Waals surface area contributed by atoms with E-state index < -0.39 is 0 Å². The first-order valence-electron chi connectivity index (χ1n) is 9.50. The summed E-state index contributed by atoms with van der Waals surface area (Å²) in [6.07, 6.45) is 8.98. The number of likely N-dealkylation sites (tertiary alicyclic amines) is 2. The molecule has 0 saturated carbocycles. The summed E-state index contributed by atoms with van der Waals surface area (Å²) in [4.78, 5) is 32.7. The van der Waals surface area contributed by atoms with Gasteiger partial charge in [-0.15, -0.1) is 0 Å². The Hall–Kier alpha value is -2.05. The van der Waals surface area contributed by atoms with Crippen LogP contribution in [0.1, 0.15) is 44.9 Å². The molecule has 3 rings (SSSR count). The van der Waals surface area contributed by atoms with Crippen LogP contribution < -0.4 is 5.32 Å². The Bertz CT molecular complexity index is 586. The highest BCUT2D eigenvalue weighted by molar-refractivity contribution is 5.76. The van der Waals surface area contributed by atoms with Crippen LogP contribution in [0.15, 0.2) is 12.4 Å². The number of nitrogens with one attached hydrogen (secondary N) is 1. The van der Waals surface area contributed by atoms with Crippen molar-refractivity contribution >= 4 is 11.9 Å². The Morgan fingerprint density at radius 2 is 1.84 bits per heavy atom. The molecular formula is C18H29N5O2. The molecule has 7 heteroatoms. The number of hydrogen-bond acceptors (Lipinski definition) is 3. The second-order valence-corrected chi connectivity index (χ2v) is 6.95. The fourth-order valence-corrected chi connectivity index (χ4v) is 3.70. The molecule has 2 fully saturated rings. The summed E-state index contributed by atoms with van der Waals surface area (Å²) in [7, 11) is 0. The molecule has 1 N–H and O–H groups in total. The van der Waals surface area contributed by atoms with Gasteiger partial charge in [0.2, 0.25) is 5.91 Å². The third-order valence-corrected chi connectivity index (χ3v) is 5.20. The van der Waals surface area contributed by atoms with Crippen molar-refractivity contribution < 1.29 is 9.59 Å². The molecular weight excluding hydrogens is 318 g/mol. The standard InChI is InChI=1S/C18H29N5O2/c1-2-16-19-8-14-21(16)13-7-17(24)20-15-5-11-23(12-6-15)18(25)22-9-3-4-10-22/h8,14-15H,2-7,9-13H2,1H3,(H,20,24). The summed E-state index contributed by atoms with van der Waals surface area (Å²) in [5.74, 6) is 1.10. The zero-order valence-corrected chi connectivity index (χ0v) is 15.1. The smallest absolute Gasteiger partial charge is 0.319 e. The Morgan fingerprint density at radius 1 is 1.16 bits per heavy atom.